The number of ether oxygens (including phenoxy) is 5. The van der Waals surface area contributed by atoms with E-state index in [-0.39, 0.29) is 35.4 Å². The Morgan fingerprint density at radius 2 is 1.63 bits per heavy atom. The van der Waals surface area contributed by atoms with Gasteiger partial charge in [-0.2, -0.15) is 0 Å². The van der Waals surface area contributed by atoms with Crippen molar-refractivity contribution in [3.8, 4) is 28.7 Å². The summed E-state index contributed by atoms with van der Waals surface area (Å²) in [5.41, 5.74) is 0.659. The van der Waals surface area contributed by atoms with Gasteiger partial charge in [-0.3, -0.25) is 9.59 Å². The van der Waals surface area contributed by atoms with Crippen LogP contribution in [0.4, 0.5) is 5.69 Å². The number of methoxy groups -OCH3 is 2. The molecule has 0 aliphatic carbocycles. The topological polar surface area (TPSA) is 198 Å². The van der Waals surface area contributed by atoms with E-state index in [1.807, 2.05) is 0 Å². The molecule has 49 heavy (non-hydrogen) atoms. The van der Waals surface area contributed by atoms with Gasteiger partial charge in [0.1, 0.15) is 24.4 Å². The third-order valence-electron chi connectivity index (χ3n) is 8.33. The Balaban J connectivity index is 1.64. The number of rotatable bonds is 16. The van der Waals surface area contributed by atoms with Crippen LogP contribution >= 0.6 is 0 Å². The van der Waals surface area contributed by atoms with Crippen LogP contribution in [0.25, 0.3) is 17.0 Å². The standard InChI is InChI=1S/C35H46N2O12/c1-5-6-7-8-9-10-15-47-33-32(49-35-31(43)30(42)29(41)26(19-38)48-35)22-13-12-21(18-23(22)37(2)34(33)44)36-27(39)14-11-20-16-24(45-3)28(40)25(17-20)46-4/h11-14,16-18,26,29-31,35,38,40-43H,5-10,15,19H2,1-4H3,(H,36,39)/b14-11+/t26-,29-,30+,31+,35-/m1/s1. The molecule has 2 aromatic carbocycles. The molecular weight excluding hydrogens is 640 g/mol. The van der Waals surface area contributed by atoms with Crippen LogP contribution in [0.3, 0.4) is 0 Å². The Morgan fingerprint density at radius 3 is 2.29 bits per heavy atom. The minimum Gasteiger partial charge on any atom is -0.502 e. The smallest absolute Gasteiger partial charge is 0.297 e. The Kier molecular flexibility index (Phi) is 13.3. The molecule has 0 unspecified atom stereocenters. The molecule has 0 radical (unpaired) electrons. The van der Waals surface area contributed by atoms with Crippen molar-refractivity contribution >= 4 is 28.6 Å². The van der Waals surface area contributed by atoms with E-state index in [0.29, 0.717) is 28.6 Å². The lowest BCUT2D eigenvalue weighted by molar-refractivity contribution is -0.277. The van der Waals surface area contributed by atoms with Crippen molar-refractivity contribution in [1.29, 1.82) is 0 Å². The van der Waals surface area contributed by atoms with Gasteiger partial charge in [0, 0.05) is 24.2 Å². The highest BCUT2D eigenvalue weighted by Crippen LogP contribution is 2.38. The molecule has 14 heteroatoms. The molecule has 5 atom stereocenters. The summed E-state index contributed by atoms with van der Waals surface area (Å²) in [4.78, 5) is 26.6. The van der Waals surface area contributed by atoms with E-state index >= 15 is 0 Å². The van der Waals surface area contributed by atoms with Gasteiger partial charge < -0.3 is 59.1 Å². The molecule has 268 valence electrons. The van der Waals surface area contributed by atoms with Gasteiger partial charge >= 0.3 is 0 Å². The number of aryl methyl sites for hydroxylation is 1. The van der Waals surface area contributed by atoms with Crippen LogP contribution in [0.1, 0.15) is 51.0 Å². The molecule has 2 heterocycles. The molecule has 1 aromatic heterocycles. The number of unbranched alkanes of at least 4 members (excludes halogenated alkanes) is 5. The monoisotopic (exact) mass is 686 g/mol. The Labute approximate surface area is 284 Å². The highest BCUT2D eigenvalue weighted by atomic mass is 16.7. The highest BCUT2D eigenvalue weighted by molar-refractivity contribution is 6.03. The summed E-state index contributed by atoms with van der Waals surface area (Å²) in [6.07, 6.45) is 0.976. The lowest BCUT2D eigenvalue weighted by atomic mass is 9.99. The number of aromatic hydroxyl groups is 1. The predicted octanol–water partition coefficient (Wildman–Crippen LogP) is 2.83. The number of carbonyl (C=O) groups excluding carboxylic acids is 1. The van der Waals surface area contributed by atoms with Crippen LogP contribution in [0.15, 0.2) is 41.2 Å². The van der Waals surface area contributed by atoms with Gasteiger partial charge in [-0.05, 0) is 48.4 Å². The van der Waals surface area contributed by atoms with Crippen molar-refractivity contribution < 1.29 is 54.0 Å². The number of carbonyl (C=O) groups is 1. The van der Waals surface area contributed by atoms with Crippen molar-refractivity contribution in [3.05, 3.63) is 52.3 Å². The summed E-state index contributed by atoms with van der Waals surface area (Å²) >= 11 is 0. The van der Waals surface area contributed by atoms with E-state index in [0.717, 1.165) is 32.1 Å². The molecule has 1 saturated heterocycles. The van der Waals surface area contributed by atoms with Gasteiger partial charge in [0.15, 0.2) is 17.2 Å². The number of aliphatic hydroxyl groups is 4. The van der Waals surface area contributed by atoms with Gasteiger partial charge in [-0.1, -0.05) is 39.0 Å². The van der Waals surface area contributed by atoms with Crippen LogP contribution in [0.5, 0.6) is 28.7 Å². The lowest BCUT2D eigenvalue weighted by Gasteiger charge is -2.39. The average molecular weight is 687 g/mol. The molecule has 6 N–H and O–H groups in total. The fraction of sp³-hybridized carbons (Fsp3) is 0.486. The van der Waals surface area contributed by atoms with E-state index in [4.69, 9.17) is 23.7 Å². The number of anilines is 1. The molecule has 14 nitrogen and oxygen atoms in total. The molecule has 0 spiro atoms. The van der Waals surface area contributed by atoms with Crippen LogP contribution < -0.4 is 29.8 Å². The molecule has 0 saturated carbocycles. The maximum absolute atomic E-state index is 13.7. The molecule has 1 amide bonds. The molecular formula is C35H46N2O12. The molecule has 1 aliphatic heterocycles. The Morgan fingerprint density at radius 1 is 0.959 bits per heavy atom. The zero-order valence-electron chi connectivity index (χ0n) is 28.1. The van der Waals surface area contributed by atoms with E-state index in [9.17, 15) is 35.1 Å². The number of aromatic nitrogens is 1. The second-order valence-electron chi connectivity index (χ2n) is 11.8. The summed E-state index contributed by atoms with van der Waals surface area (Å²) < 4.78 is 29.3. The predicted molar refractivity (Wildman–Crippen MR) is 181 cm³/mol. The minimum absolute atomic E-state index is 0.0681. The van der Waals surface area contributed by atoms with Crippen molar-refractivity contribution in [1.82, 2.24) is 4.57 Å². The SMILES string of the molecule is CCCCCCCCOc1c(O[C@H]2O[C@H](CO)[C@@H](O)[C@H](O)[C@@H]2O)c2ccc(NC(=O)/C=C/c3cc(OC)c(O)c(OC)c3)cc2n(C)c1=O. The average Bonchev–Trinajstić information content (AvgIpc) is 3.10. The number of fused-ring (bicyclic) bond motifs is 1. The fourth-order valence-electron chi connectivity index (χ4n) is 5.51. The molecule has 4 rings (SSSR count). The number of aliphatic hydroxyl groups excluding tert-OH is 4. The van der Waals surface area contributed by atoms with E-state index < -0.39 is 48.8 Å². The molecule has 0 bridgehead atoms. The number of hydrogen-bond acceptors (Lipinski definition) is 12. The number of nitrogens with one attached hydrogen (secondary N) is 1. The zero-order valence-corrected chi connectivity index (χ0v) is 28.1. The summed E-state index contributed by atoms with van der Waals surface area (Å²) in [6.45, 7) is 1.70. The van der Waals surface area contributed by atoms with Crippen LogP contribution in [0, 0.1) is 0 Å². The number of hydrogen-bond donors (Lipinski definition) is 6. The maximum atomic E-state index is 13.7. The van der Waals surface area contributed by atoms with Gasteiger partial charge in [-0.25, -0.2) is 0 Å². The van der Waals surface area contributed by atoms with Crippen LogP contribution in [0.2, 0.25) is 0 Å². The maximum Gasteiger partial charge on any atom is 0.297 e. The highest BCUT2D eigenvalue weighted by Gasteiger charge is 2.45. The molecule has 1 fully saturated rings. The van der Waals surface area contributed by atoms with Crippen molar-refractivity contribution in [2.45, 2.75) is 76.2 Å². The molecule has 3 aromatic rings. The van der Waals surface area contributed by atoms with Crippen molar-refractivity contribution in [3.63, 3.8) is 0 Å². The number of amides is 1. The first-order chi connectivity index (χ1) is 23.5. The van der Waals surface area contributed by atoms with E-state index in [1.165, 1.54) is 50.1 Å². The molecule has 1 aliphatic rings. The Bertz CT molecular complexity index is 1650. The first-order valence-corrected chi connectivity index (χ1v) is 16.2. The van der Waals surface area contributed by atoms with Crippen LogP contribution in [-0.2, 0) is 16.6 Å². The largest absolute Gasteiger partial charge is 0.502 e. The number of nitrogens with zero attached hydrogens (tertiary/aromatic N) is 1. The number of benzene rings is 2. The third kappa shape index (κ3) is 8.83. The van der Waals surface area contributed by atoms with Crippen LogP contribution in [-0.4, -0.2) is 94.1 Å². The summed E-state index contributed by atoms with van der Waals surface area (Å²) in [7, 11) is 4.33. The first-order valence-electron chi connectivity index (χ1n) is 16.2. The zero-order chi connectivity index (χ0) is 35.7. The first kappa shape index (κ1) is 37.5. The normalized spacial score (nSPS) is 20.8. The summed E-state index contributed by atoms with van der Waals surface area (Å²) in [5.74, 6) is -0.522. The number of phenolic OH excluding ortho intramolecular Hbond substituents is 1. The van der Waals surface area contributed by atoms with Gasteiger partial charge in [-0.15, -0.1) is 0 Å². The van der Waals surface area contributed by atoms with Crippen molar-refractivity contribution in [2.75, 3.05) is 32.8 Å². The second-order valence-corrected chi connectivity index (χ2v) is 11.8. The number of phenols is 1. The Hall–Kier alpha value is -4.34. The van der Waals surface area contributed by atoms with Gasteiger partial charge in [0.25, 0.3) is 5.56 Å². The fourth-order valence-corrected chi connectivity index (χ4v) is 5.51. The third-order valence-corrected chi connectivity index (χ3v) is 8.33. The van der Waals surface area contributed by atoms with E-state index in [2.05, 4.69) is 12.2 Å². The summed E-state index contributed by atoms with van der Waals surface area (Å²) in [5, 5.41) is 54.2. The quantitative estimate of drug-likeness (QED) is 0.0953. The minimum atomic E-state index is -1.72. The lowest BCUT2D eigenvalue weighted by Crippen LogP contribution is -2.60. The number of pyridine rings is 1. The van der Waals surface area contributed by atoms with Gasteiger partial charge in [0.2, 0.25) is 23.7 Å². The summed E-state index contributed by atoms with van der Waals surface area (Å²) in [6, 6.07) is 7.82. The van der Waals surface area contributed by atoms with Crippen molar-refractivity contribution in [2.24, 2.45) is 7.05 Å². The second kappa shape index (κ2) is 17.4. The van der Waals surface area contributed by atoms with Gasteiger partial charge in [0.05, 0.1) is 33.0 Å². The van der Waals surface area contributed by atoms with E-state index in [1.54, 1.807) is 18.2 Å².